The van der Waals surface area contributed by atoms with E-state index in [2.05, 4.69) is 33.5 Å². The fourth-order valence-corrected chi connectivity index (χ4v) is 3.27. The Kier molecular flexibility index (Phi) is 6.10. The summed E-state index contributed by atoms with van der Waals surface area (Å²) in [6.07, 6.45) is 4.30. The lowest BCUT2D eigenvalue weighted by atomic mass is 9.99. The third-order valence-corrected chi connectivity index (χ3v) is 5.13. The van der Waals surface area contributed by atoms with Crippen LogP contribution in [-0.2, 0) is 6.54 Å². The summed E-state index contributed by atoms with van der Waals surface area (Å²) in [5.41, 5.74) is 1.90. The minimum absolute atomic E-state index is 0.557. The van der Waals surface area contributed by atoms with Crippen LogP contribution in [0.25, 0.3) is 0 Å². The maximum atomic E-state index is 6.15. The van der Waals surface area contributed by atoms with Gasteiger partial charge in [-0.1, -0.05) is 36.7 Å². The van der Waals surface area contributed by atoms with Gasteiger partial charge < -0.3 is 15.5 Å². The Labute approximate surface area is 159 Å². The summed E-state index contributed by atoms with van der Waals surface area (Å²) < 4.78 is 0. The number of nitrogens with zero attached hydrogens (tertiary/aromatic N) is 2. The molecule has 1 aliphatic heterocycles. The van der Waals surface area contributed by atoms with Gasteiger partial charge in [0.05, 0.1) is 11.9 Å². The van der Waals surface area contributed by atoms with E-state index in [1.165, 1.54) is 12.8 Å². The van der Waals surface area contributed by atoms with Crippen LogP contribution in [-0.4, -0.2) is 23.2 Å². The van der Waals surface area contributed by atoms with Crippen LogP contribution in [0.15, 0.2) is 42.6 Å². The fourth-order valence-electron chi connectivity index (χ4n) is 2.88. The van der Waals surface area contributed by atoms with E-state index in [1.54, 1.807) is 0 Å². The smallest absolute Gasteiger partial charge is 0.171 e. The van der Waals surface area contributed by atoms with E-state index in [0.717, 1.165) is 41.1 Å². The molecule has 2 heterocycles. The van der Waals surface area contributed by atoms with Crippen LogP contribution in [0.4, 0.5) is 11.5 Å². The Hall–Kier alpha value is -1.85. The van der Waals surface area contributed by atoms with Crippen LogP contribution in [0.5, 0.6) is 0 Å². The first-order valence-corrected chi connectivity index (χ1v) is 9.39. The predicted molar refractivity (Wildman–Crippen MR) is 109 cm³/mol. The zero-order chi connectivity index (χ0) is 17.6. The van der Waals surface area contributed by atoms with E-state index < -0.39 is 0 Å². The average Bonchev–Trinajstić information content (AvgIpc) is 2.62. The Morgan fingerprint density at radius 1 is 1.24 bits per heavy atom. The fraction of sp³-hybridized carbons (Fsp3) is 0.368. The van der Waals surface area contributed by atoms with Crippen molar-refractivity contribution in [3.05, 3.63) is 53.2 Å². The molecule has 0 spiro atoms. The second-order valence-electron chi connectivity index (χ2n) is 6.47. The van der Waals surface area contributed by atoms with Gasteiger partial charge in [-0.3, -0.25) is 0 Å². The highest BCUT2D eigenvalue weighted by atomic mass is 35.5. The summed E-state index contributed by atoms with van der Waals surface area (Å²) in [6.45, 7) is 5.06. The molecule has 0 unspecified atom stereocenters. The highest BCUT2D eigenvalue weighted by Gasteiger charge is 2.16. The van der Waals surface area contributed by atoms with Crippen molar-refractivity contribution < 1.29 is 0 Å². The molecule has 4 nitrogen and oxygen atoms in total. The van der Waals surface area contributed by atoms with E-state index >= 15 is 0 Å². The standard InChI is InChI=1S/C19H23ClN4S/c1-14-8-10-24(11-9-14)18-7-6-16(13-21-18)23-19(25)22-12-15-4-2-3-5-17(15)20/h2-7,13-14H,8-12H2,1H3,(H2,22,23,25). The number of benzene rings is 1. The van der Waals surface area contributed by atoms with E-state index in [1.807, 2.05) is 36.5 Å². The number of pyridine rings is 1. The van der Waals surface area contributed by atoms with E-state index in [0.29, 0.717) is 11.7 Å². The molecule has 1 aromatic carbocycles. The number of rotatable bonds is 4. The van der Waals surface area contributed by atoms with Gasteiger partial charge >= 0.3 is 0 Å². The molecule has 0 radical (unpaired) electrons. The molecule has 3 rings (SSSR count). The van der Waals surface area contributed by atoms with Crippen molar-refractivity contribution in [1.82, 2.24) is 10.3 Å². The number of hydrogen-bond acceptors (Lipinski definition) is 3. The van der Waals surface area contributed by atoms with Gasteiger partial charge in [-0.25, -0.2) is 4.98 Å². The van der Waals surface area contributed by atoms with Gasteiger partial charge in [0.1, 0.15) is 5.82 Å². The first kappa shape index (κ1) is 18.0. The topological polar surface area (TPSA) is 40.2 Å². The Morgan fingerprint density at radius 2 is 2.00 bits per heavy atom. The lowest BCUT2D eigenvalue weighted by Gasteiger charge is -2.31. The van der Waals surface area contributed by atoms with Gasteiger partial charge in [0.15, 0.2) is 5.11 Å². The minimum Gasteiger partial charge on any atom is -0.358 e. The van der Waals surface area contributed by atoms with Gasteiger partial charge in [0.25, 0.3) is 0 Å². The Bertz CT molecular complexity index is 712. The molecule has 1 saturated heterocycles. The summed E-state index contributed by atoms with van der Waals surface area (Å²) >= 11 is 11.5. The highest BCUT2D eigenvalue weighted by molar-refractivity contribution is 7.80. The van der Waals surface area contributed by atoms with Crippen LogP contribution < -0.4 is 15.5 Å². The zero-order valence-corrected chi connectivity index (χ0v) is 15.9. The highest BCUT2D eigenvalue weighted by Crippen LogP contribution is 2.22. The lowest BCUT2D eigenvalue weighted by molar-refractivity contribution is 0.436. The first-order chi connectivity index (χ1) is 12.1. The molecular weight excluding hydrogens is 352 g/mol. The molecule has 132 valence electrons. The van der Waals surface area contributed by atoms with Crippen LogP contribution in [0, 0.1) is 5.92 Å². The van der Waals surface area contributed by atoms with Gasteiger partial charge in [-0.05, 0) is 54.7 Å². The van der Waals surface area contributed by atoms with Gasteiger partial charge in [-0.15, -0.1) is 0 Å². The zero-order valence-electron chi connectivity index (χ0n) is 14.3. The molecule has 0 aliphatic carbocycles. The maximum Gasteiger partial charge on any atom is 0.171 e. The summed E-state index contributed by atoms with van der Waals surface area (Å²) in [5.74, 6) is 1.85. The van der Waals surface area contributed by atoms with E-state index in [-0.39, 0.29) is 0 Å². The number of nitrogens with one attached hydrogen (secondary N) is 2. The molecule has 2 aromatic rings. The monoisotopic (exact) mass is 374 g/mol. The number of aromatic nitrogens is 1. The molecule has 1 aliphatic rings. The summed E-state index contributed by atoms with van der Waals surface area (Å²) in [5, 5.41) is 7.63. The molecule has 1 aromatic heterocycles. The van der Waals surface area contributed by atoms with Crippen molar-refractivity contribution in [3.8, 4) is 0 Å². The Balaban J connectivity index is 1.51. The van der Waals surface area contributed by atoms with Crippen molar-refractivity contribution in [3.63, 3.8) is 0 Å². The van der Waals surface area contributed by atoms with Crippen molar-refractivity contribution in [2.24, 2.45) is 5.92 Å². The normalized spacial score (nSPS) is 15.0. The molecule has 0 atom stereocenters. The number of halogens is 1. The van der Waals surface area contributed by atoms with Crippen LogP contribution in [0.1, 0.15) is 25.3 Å². The molecular formula is C19H23ClN4S. The van der Waals surface area contributed by atoms with Crippen molar-refractivity contribution in [2.45, 2.75) is 26.3 Å². The molecule has 0 saturated carbocycles. The molecule has 0 amide bonds. The van der Waals surface area contributed by atoms with Gasteiger partial charge in [0.2, 0.25) is 0 Å². The molecule has 0 bridgehead atoms. The van der Waals surface area contributed by atoms with Crippen LogP contribution in [0.3, 0.4) is 0 Å². The average molecular weight is 375 g/mol. The number of hydrogen-bond donors (Lipinski definition) is 2. The van der Waals surface area contributed by atoms with Crippen molar-refractivity contribution in [1.29, 1.82) is 0 Å². The first-order valence-electron chi connectivity index (χ1n) is 8.61. The van der Waals surface area contributed by atoms with Crippen molar-refractivity contribution in [2.75, 3.05) is 23.3 Å². The number of thiocarbonyl (C=S) groups is 1. The van der Waals surface area contributed by atoms with Crippen LogP contribution >= 0.6 is 23.8 Å². The van der Waals surface area contributed by atoms with E-state index in [9.17, 15) is 0 Å². The minimum atomic E-state index is 0.557. The number of piperidine rings is 1. The maximum absolute atomic E-state index is 6.15. The predicted octanol–water partition coefficient (Wildman–Crippen LogP) is 4.46. The third kappa shape index (κ3) is 5.06. The summed E-state index contributed by atoms with van der Waals surface area (Å²) in [6, 6.07) is 11.8. The SMILES string of the molecule is CC1CCN(c2ccc(NC(=S)NCc3ccccc3Cl)cn2)CC1. The summed E-state index contributed by atoms with van der Waals surface area (Å²) in [4.78, 5) is 6.91. The lowest BCUT2D eigenvalue weighted by Crippen LogP contribution is -2.33. The molecule has 25 heavy (non-hydrogen) atoms. The quantitative estimate of drug-likeness (QED) is 0.773. The Morgan fingerprint density at radius 3 is 2.68 bits per heavy atom. The molecule has 2 N–H and O–H groups in total. The second kappa shape index (κ2) is 8.50. The van der Waals surface area contributed by atoms with Crippen molar-refractivity contribution >= 4 is 40.4 Å². The number of anilines is 2. The van der Waals surface area contributed by atoms with Gasteiger partial charge in [-0.2, -0.15) is 0 Å². The van der Waals surface area contributed by atoms with Gasteiger partial charge in [0, 0.05) is 24.7 Å². The third-order valence-electron chi connectivity index (χ3n) is 4.51. The summed E-state index contributed by atoms with van der Waals surface area (Å²) in [7, 11) is 0. The molecule has 6 heteroatoms. The van der Waals surface area contributed by atoms with Crippen LogP contribution in [0.2, 0.25) is 5.02 Å². The second-order valence-corrected chi connectivity index (χ2v) is 7.29. The van der Waals surface area contributed by atoms with E-state index in [4.69, 9.17) is 23.8 Å². The molecule has 1 fully saturated rings. The largest absolute Gasteiger partial charge is 0.358 e.